The molecule has 0 aliphatic carbocycles. The molecule has 0 spiro atoms. The summed E-state index contributed by atoms with van der Waals surface area (Å²) in [7, 11) is 1.73. The summed E-state index contributed by atoms with van der Waals surface area (Å²) in [5.41, 5.74) is 0.0818. The van der Waals surface area contributed by atoms with Crippen LogP contribution in [0.1, 0.15) is 18.9 Å². The highest BCUT2D eigenvalue weighted by atomic mass is 19.3. The maximum atomic E-state index is 13.9. The Hall–Kier alpha value is -1.00. The SMILES string of the molecule is CCCNCCN(C)CC(F)(F)c1ccccc1. The summed E-state index contributed by atoms with van der Waals surface area (Å²) in [5.74, 6) is -2.79. The Morgan fingerprint density at radius 2 is 1.83 bits per heavy atom. The van der Waals surface area contributed by atoms with E-state index in [0.29, 0.717) is 6.54 Å². The Morgan fingerprint density at radius 3 is 2.44 bits per heavy atom. The van der Waals surface area contributed by atoms with Crippen LogP contribution in [0.25, 0.3) is 0 Å². The third-order valence-corrected chi connectivity index (χ3v) is 2.76. The maximum Gasteiger partial charge on any atom is 0.285 e. The molecule has 0 saturated carbocycles. The van der Waals surface area contributed by atoms with Crippen molar-refractivity contribution in [3.05, 3.63) is 35.9 Å². The number of nitrogens with one attached hydrogen (secondary N) is 1. The van der Waals surface area contributed by atoms with Gasteiger partial charge in [-0.15, -0.1) is 0 Å². The number of halogens is 2. The van der Waals surface area contributed by atoms with Gasteiger partial charge in [-0.2, -0.15) is 8.78 Å². The Morgan fingerprint density at radius 1 is 1.17 bits per heavy atom. The van der Waals surface area contributed by atoms with Crippen molar-refractivity contribution in [2.24, 2.45) is 0 Å². The molecule has 18 heavy (non-hydrogen) atoms. The molecular formula is C14H22F2N2. The zero-order valence-corrected chi connectivity index (χ0v) is 11.1. The van der Waals surface area contributed by atoms with Gasteiger partial charge in [0, 0.05) is 18.7 Å². The van der Waals surface area contributed by atoms with Crippen molar-refractivity contribution < 1.29 is 8.78 Å². The van der Waals surface area contributed by atoms with Gasteiger partial charge in [-0.05, 0) is 20.0 Å². The van der Waals surface area contributed by atoms with E-state index in [0.717, 1.165) is 19.5 Å². The lowest BCUT2D eigenvalue weighted by Gasteiger charge is -2.24. The molecule has 0 radical (unpaired) electrons. The molecule has 0 amide bonds. The Balaban J connectivity index is 2.40. The molecule has 0 aliphatic heterocycles. The average Bonchev–Trinajstić information content (AvgIpc) is 2.35. The van der Waals surface area contributed by atoms with Gasteiger partial charge in [-0.1, -0.05) is 37.3 Å². The molecule has 0 saturated heterocycles. The van der Waals surface area contributed by atoms with Crippen LogP contribution >= 0.6 is 0 Å². The Bertz CT molecular complexity index is 328. The number of nitrogens with zero attached hydrogens (tertiary/aromatic N) is 1. The highest BCUT2D eigenvalue weighted by Crippen LogP contribution is 2.28. The van der Waals surface area contributed by atoms with Crippen molar-refractivity contribution in [3.8, 4) is 0 Å². The first kappa shape index (κ1) is 15.1. The quantitative estimate of drug-likeness (QED) is 0.719. The summed E-state index contributed by atoms with van der Waals surface area (Å²) < 4.78 is 27.8. The highest BCUT2D eigenvalue weighted by Gasteiger charge is 2.32. The van der Waals surface area contributed by atoms with Gasteiger partial charge in [0.15, 0.2) is 0 Å². The van der Waals surface area contributed by atoms with Gasteiger partial charge in [-0.25, -0.2) is 0 Å². The van der Waals surface area contributed by atoms with Crippen molar-refractivity contribution in [3.63, 3.8) is 0 Å². The van der Waals surface area contributed by atoms with Gasteiger partial charge in [0.2, 0.25) is 0 Å². The van der Waals surface area contributed by atoms with Crippen molar-refractivity contribution in [1.82, 2.24) is 10.2 Å². The molecular weight excluding hydrogens is 234 g/mol. The van der Waals surface area contributed by atoms with Crippen molar-refractivity contribution >= 4 is 0 Å². The molecule has 1 N–H and O–H groups in total. The molecule has 0 aromatic heterocycles. The van der Waals surface area contributed by atoms with E-state index in [9.17, 15) is 8.78 Å². The van der Waals surface area contributed by atoms with Gasteiger partial charge < -0.3 is 5.32 Å². The Kier molecular flexibility index (Phi) is 6.22. The summed E-state index contributed by atoms with van der Waals surface area (Å²) in [6.07, 6.45) is 1.06. The summed E-state index contributed by atoms with van der Waals surface area (Å²) in [6.45, 7) is 4.14. The van der Waals surface area contributed by atoms with E-state index in [2.05, 4.69) is 12.2 Å². The first-order chi connectivity index (χ1) is 8.56. The number of likely N-dealkylation sites (N-methyl/N-ethyl adjacent to an activating group) is 1. The van der Waals surface area contributed by atoms with Crippen LogP contribution in [0.4, 0.5) is 8.78 Å². The molecule has 1 aromatic carbocycles. The van der Waals surface area contributed by atoms with Crippen LogP contribution in [0.2, 0.25) is 0 Å². The molecule has 0 fully saturated rings. The van der Waals surface area contributed by atoms with Gasteiger partial charge in [0.1, 0.15) is 0 Å². The van der Waals surface area contributed by atoms with Crippen LogP contribution in [-0.4, -0.2) is 38.1 Å². The summed E-state index contributed by atoms with van der Waals surface area (Å²) in [4.78, 5) is 1.66. The third kappa shape index (κ3) is 5.10. The normalized spacial score (nSPS) is 12.1. The van der Waals surface area contributed by atoms with Crippen LogP contribution < -0.4 is 5.32 Å². The number of hydrogen-bond donors (Lipinski definition) is 1. The molecule has 4 heteroatoms. The lowest BCUT2D eigenvalue weighted by Crippen LogP contribution is -2.37. The van der Waals surface area contributed by atoms with E-state index in [1.807, 2.05) is 0 Å². The molecule has 0 atom stereocenters. The van der Waals surface area contributed by atoms with Crippen LogP contribution in [0, 0.1) is 0 Å². The summed E-state index contributed by atoms with van der Waals surface area (Å²) in [6, 6.07) is 7.99. The van der Waals surface area contributed by atoms with E-state index in [4.69, 9.17) is 0 Å². The van der Waals surface area contributed by atoms with Crippen LogP contribution in [0.3, 0.4) is 0 Å². The predicted octanol–water partition coefficient (Wildman–Crippen LogP) is 2.71. The first-order valence-corrected chi connectivity index (χ1v) is 6.39. The second-order valence-electron chi connectivity index (χ2n) is 4.56. The minimum atomic E-state index is -2.79. The van der Waals surface area contributed by atoms with Crippen molar-refractivity contribution in [1.29, 1.82) is 0 Å². The van der Waals surface area contributed by atoms with Gasteiger partial charge >= 0.3 is 0 Å². The van der Waals surface area contributed by atoms with Crippen molar-refractivity contribution in [2.45, 2.75) is 19.3 Å². The topological polar surface area (TPSA) is 15.3 Å². The Labute approximate surface area is 108 Å². The predicted molar refractivity (Wildman–Crippen MR) is 71.0 cm³/mol. The van der Waals surface area contributed by atoms with E-state index >= 15 is 0 Å². The van der Waals surface area contributed by atoms with E-state index in [-0.39, 0.29) is 12.1 Å². The summed E-state index contributed by atoms with van der Waals surface area (Å²) >= 11 is 0. The average molecular weight is 256 g/mol. The van der Waals surface area contributed by atoms with Crippen molar-refractivity contribution in [2.75, 3.05) is 33.2 Å². The lowest BCUT2D eigenvalue weighted by atomic mass is 10.1. The molecule has 0 heterocycles. The zero-order chi connectivity index (χ0) is 13.4. The van der Waals surface area contributed by atoms with Crippen LogP contribution in [0.5, 0.6) is 0 Å². The number of benzene rings is 1. The second-order valence-corrected chi connectivity index (χ2v) is 4.56. The highest BCUT2D eigenvalue weighted by molar-refractivity contribution is 5.20. The molecule has 0 bridgehead atoms. The summed E-state index contributed by atoms with van der Waals surface area (Å²) in [5, 5.41) is 3.20. The standard InChI is InChI=1S/C14H22F2N2/c1-3-9-17-10-11-18(2)12-14(15,16)13-7-5-4-6-8-13/h4-8,17H,3,9-12H2,1-2H3. The largest absolute Gasteiger partial charge is 0.315 e. The minimum absolute atomic E-state index is 0.0818. The number of rotatable bonds is 8. The fourth-order valence-electron chi connectivity index (χ4n) is 1.76. The molecule has 102 valence electrons. The van der Waals surface area contributed by atoms with E-state index in [1.165, 1.54) is 12.1 Å². The third-order valence-electron chi connectivity index (χ3n) is 2.76. The fourth-order valence-corrected chi connectivity index (χ4v) is 1.76. The zero-order valence-electron chi connectivity index (χ0n) is 11.1. The fraction of sp³-hybridized carbons (Fsp3) is 0.571. The number of alkyl halides is 2. The van der Waals surface area contributed by atoms with Gasteiger partial charge in [0.05, 0.1) is 6.54 Å². The molecule has 1 aromatic rings. The van der Waals surface area contributed by atoms with E-state index in [1.54, 1.807) is 30.1 Å². The molecule has 0 unspecified atom stereocenters. The maximum absolute atomic E-state index is 13.9. The van der Waals surface area contributed by atoms with E-state index < -0.39 is 5.92 Å². The van der Waals surface area contributed by atoms with Gasteiger partial charge in [-0.3, -0.25) is 4.90 Å². The van der Waals surface area contributed by atoms with Crippen LogP contribution in [-0.2, 0) is 5.92 Å². The second kappa shape index (κ2) is 7.44. The molecule has 2 nitrogen and oxygen atoms in total. The first-order valence-electron chi connectivity index (χ1n) is 6.39. The molecule has 0 aliphatic rings. The van der Waals surface area contributed by atoms with Crippen LogP contribution in [0.15, 0.2) is 30.3 Å². The van der Waals surface area contributed by atoms with Gasteiger partial charge in [0.25, 0.3) is 5.92 Å². The lowest BCUT2D eigenvalue weighted by molar-refractivity contribution is -0.0318. The minimum Gasteiger partial charge on any atom is -0.315 e. The smallest absolute Gasteiger partial charge is 0.285 e. The monoisotopic (exact) mass is 256 g/mol. The number of hydrogen-bond acceptors (Lipinski definition) is 2. The molecule has 1 rings (SSSR count).